The molecule has 2 aromatic rings. The number of amides is 1. The minimum absolute atomic E-state index is 0.0330. The van der Waals surface area contributed by atoms with Crippen LogP contribution in [-0.4, -0.2) is 16.1 Å². The van der Waals surface area contributed by atoms with Crippen molar-refractivity contribution in [1.82, 2.24) is 10.2 Å². The van der Waals surface area contributed by atoms with Crippen molar-refractivity contribution in [3.05, 3.63) is 47.7 Å². The average molecular weight is 213 g/mol. The Labute approximate surface area is 92.7 Å². The fourth-order valence-electron chi connectivity index (χ4n) is 2.13. The highest BCUT2D eigenvalue weighted by Crippen LogP contribution is 2.35. The summed E-state index contributed by atoms with van der Waals surface area (Å²) in [4.78, 5) is 11.5. The van der Waals surface area contributed by atoms with Crippen molar-refractivity contribution < 1.29 is 4.79 Å². The summed E-state index contributed by atoms with van der Waals surface area (Å²) in [5, 5.41) is 9.56. The van der Waals surface area contributed by atoms with E-state index in [2.05, 4.69) is 15.5 Å². The summed E-state index contributed by atoms with van der Waals surface area (Å²) in [6.45, 7) is 0. The average Bonchev–Trinajstić information content (AvgIpc) is 2.77. The number of carbonyl (C=O) groups excluding carboxylic acids is 1. The van der Waals surface area contributed by atoms with Gasteiger partial charge in [-0.25, -0.2) is 0 Å². The van der Waals surface area contributed by atoms with E-state index in [4.69, 9.17) is 0 Å². The summed E-state index contributed by atoms with van der Waals surface area (Å²) >= 11 is 0. The fourth-order valence-corrected chi connectivity index (χ4v) is 2.13. The Balaban J connectivity index is 2.07. The van der Waals surface area contributed by atoms with Crippen LogP contribution in [0.2, 0.25) is 0 Å². The van der Waals surface area contributed by atoms with Crippen LogP contribution in [0.3, 0.4) is 0 Å². The van der Waals surface area contributed by atoms with Crippen LogP contribution in [0.4, 0.5) is 5.82 Å². The molecule has 1 aromatic carbocycles. The Bertz CT molecular complexity index is 518. The number of aromatic nitrogens is 2. The van der Waals surface area contributed by atoms with Crippen molar-refractivity contribution in [3.8, 4) is 0 Å². The number of carbonyl (C=O) groups is 1. The molecule has 0 bridgehead atoms. The number of hydrogen-bond acceptors (Lipinski definition) is 2. The largest absolute Gasteiger partial charge is 0.311 e. The summed E-state index contributed by atoms with van der Waals surface area (Å²) in [6.07, 6.45) is 2.27. The second-order valence-corrected chi connectivity index (χ2v) is 3.92. The van der Waals surface area contributed by atoms with E-state index in [1.165, 1.54) is 0 Å². The number of hydrogen-bond donors (Lipinski definition) is 2. The number of H-pyrrole nitrogens is 1. The Morgan fingerprint density at radius 1 is 1.25 bits per heavy atom. The van der Waals surface area contributed by atoms with Crippen LogP contribution in [-0.2, 0) is 4.79 Å². The van der Waals surface area contributed by atoms with Crippen molar-refractivity contribution in [2.24, 2.45) is 0 Å². The number of fused-ring (bicyclic) bond motifs is 1. The highest BCUT2D eigenvalue weighted by molar-refractivity contribution is 5.94. The molecular formula is C12H11N3O. The molecule has 0 saturated heterocycles. The number of aromatic amines is 1. The first-order valence-electron chi connectivity index (χ1n) is 5.22. The van der Waals surface area contributed by atoms with Crippen molar-refractivity contribution >= 4 is 11.7 Å². The van der Waals surface area contributed by atoms with Crippen molar-refractivity contribution in [1.29, 1.82) is 0 Å². The lowest BCUT2D eigenvalue weighted by molar-refractivity contribution is -0.116. The van der Waals surface area contributed by atoms with E-state index in [1.807, 2.05) is 30.3 Å². The molecule has 2 N–H and O–H groups in total. The van der Waals surface area contributed by atoms with E-state index < -0.39 is 0 Å². The van der Waals surface area contributed by atoms with Gasteiger partial charge in [-0.2, -0.15) is 5.10 Å². The number of nitrogens with zero attached hydrogens (tertiary/aromatic N) is 1. The molecule has 1 aliphatic rings. The van der Waals surface area contributed by atoms with Gasteiger partial charge in [-0.05, 0) is 5.56 Å². The highest BCUT2D eigenvalue weighted by atomic mass is 16.1. The minimum Gasteiger partial charge on any atom is -0.311 e. The smallest absolute Gasteiger partial charge is 0.226 e. The molecule has 1 atom stereocenters. The van der Waals surface area contributed by atoms with Crippen LogP contribution in [0.15, 0.2) is 36.5 Å². The van der Waals surface area contributed by atoms with E-state index in [0.717, 1.165) is 16.9 Å². The Kier molecular flexibility index (Phi) is 1.99. The lowest BCUT2D eigenvalue weighted by Gasteiger charge is -2.22. The first-order valence-corrected chi connectivity index (χ1v) is 5.22. The monoisotopic (exact) mass is 213 g/mol. The maximum atomic E-state index is 11.5. The molecule has 3 rings (SSSR count). The van der Waals surface area contributed by atoms with E-state index >= 15 is 0 Å². The van der Waals surface area contributed by atoms with Gasteiger partial charge in [0, 0.05) is 17.9 Å². The van der Waals surface area contributed by atoms with Gasteiger partial charge >= 0.3 is 0 Å². The lowest BCUT2D eigenvalue weighted by Crippen LogP contribution is -2.22. The molecule has 1 aromatic heterocycles. The minimum atomic E-state index is 0.0330. The molecule has 0 unspecified atom stereocenters. The molecule has 0 saturated carbocycles. The van der Waals surface area contributed by atoms with Gasteiger partial charge in [0.1, 0.15) is 5.82 Å². The zero-order chi connectivity index (χ0) is 11.0. The molecular weight excluding hydrogens is 202 g/mol. The molecule has 0 radical (unpaired) electrons. The van der Waals surface area contributed by atoms with Crippen LogP contribution >= 0.6 is 0 Å². The van der Waals surface area contributed by atoms with Crippen molar-refractivity contribution in [2.45, 2.75) is 12.3 Å². The quantitative estimate of drug-likeness (QED) is 0.759. The summed E-state index contributed by atoms with van der Waals surface area (Å²) in [7, 11) is 0. The van der Waals surface area contributed by atoms with Gasteiger partial charge < -0.3 is 5.32 Å². The van der Waals surface area contributed by atoms with Crippen LogP contribution in [0.25, 0.3) is 0 Å². The zero-order valence-electron chi connectivity index (χ0n) is 8.60. The second kappa shape index (κ2) is 3.48. The SMILES string of the molecule is O=C1C[C@H](c2ccccc2)c2cn[nH]c2N1. The van der Waals surface area contributed by atoms with Gasteiger partial charge in [0.05, 0.1) is 6.20 Å². The summed E-state index contributed by atoms with van der Waals surface area (Å²) in [5.41, 5.74) is 2.21. The maximum Gasteiger partial charge on any atom is 0.226 e. The molecule has 4 nitrogen and oxygen atoms in total. The number of benzene rings is 1. The molecule has 0 spiro atoms. The molecule has 80 valence electrons. The van der Waals surface area contributed by atoms with Gasteiger partial charge in [-0.15, -0.1) is 0 Å². The predicted octanol–water partition coefficient (Wildman–Crippen LogP) is 1.88. The van der Waals surface area contributed by atoms with Crippen LogP contribution in [0.1, 0.15) is 23.5 Å². The van der Waals surface area contributed by atoms with Crippen LogP contribution in [0, 0.1) is 0 Å². The van der Waals surface area contributed by atoms with Crippen LogP contribution in [0.5, 0.6) is 0 Å². The Morgan fingerprint density at radius 2 is 2.06 bits per heavy atom. The normalized spacial score (nSPS) is 19.0. The van der Waals surface area contributed by atoms with Gasteiger partial charge in [0.25, 0.3) is 0 Å². The molecule has 2 heterocycles. The number of nitrogens with one attached hydrogen (secondary N) is 2. The molecule has 16 heavy (non-hydrogen) atoms. The standard InChI is InChI=1S/C12H11N3O/c16-11-6-9(8-4-2-1-3-5-8)10-7-13-15-12(10)14-11/h1-5,7,9H,6H2,(H2,13,14,15,16)/t9-/m1/s1. The number of rotatable bonds is 1. The van der Waals surface area contributed by atoms with E-state index in [9.17, 15) is 4.79 Å². The van der Waals surface area contributed by atoms with Crippen molar-refractivity contribution in [2.75, 3.05) is 5.32 Å². The maximum absolute atomic E-state index is 11.5. The lowest BCUT2D eigenvalue weighted by atomic mass is 9.87. The van der Waals surface area contributed by atoms with E-state index in [0.29, 0.717) is 6.42 Å². The van der Waals surface area contributed by atoms with Gasteiger partial charge in [0.2, 0.25) is 5.91 Å². The first-order chi connectivity index (χ1) is 7.84. The topological polar surface area (TPSA) is 57.8 Å². The summed E-state index contributed by atoms with van der Waals surface area (Å²) in [5.74, 6) is 0.874. The first kappa shape index (κ1) is 9.15. The fraction of sp³-hybridized carbons (Fsp3) is 0.167. The van der Waals surface area contributed by atoms with Crippen LogP contribution < -0.4 is 5.32 Å². The third-order valence-electron chi connectivity index (χ3n) is 2.90. The van der Waals surface area contributed by atoms with Gasteiger partial charge in [-0.1, -0.05) is 30.3 Å². The highest BCUT2D eigenvalue weighted by Gasteiger charge is 2.27. The van der Waals surface area contributed by atoms with Gasteiger partial charge in [-0.3, -0.25) is 9.89 Å². The Hall–Kier alpha value is -2.10. The van der Waals surface area contributed by atoms with E-state index in [-0.39, 0.29) is 11.8 Å². The predicted molar refractivity (Wildman–Crippen MR) is 60.1 cm³/mol. The Morgan fingerprint density at radius 3 is 2.88 bits per heavy atom. The molecule has 0 fully saturated rings. The summed E-state index contributed by atoms with van der Waals surface area (Å²) < 4.78 is 0. The van der Waals surface area contributed by atoms with Crippen molar-refractivity contribution in [3.63, 3.8) is 0 Å². The molecule has 0 aliphatic carbocycles. The summed E-state index contributed by atoms with van der Waals surface area (Å²) in [6, 6.07) is 10.0. The van der Waals surface area contributed by atoms with E-state index in [1.54, 1.807) is 6.20 Å². The second-order valence-electron chi connectivity index (χ2n) is 3.92. The third-order valence-corrected chi connectivity index (χ3v) is 2.90. The number of anilines is 1. The van der Waals surface area contributed by atoms with Gasteiger partial charge in [0.15, 0.2) is 0 Å². The molecule has 1 aliphatic heterocycles. The molecule has 4 heteroatoms. The third kappa shape index (κ3) is 1.39. The molecule has 1 amide bonds. The zero-order valence-corrected chi connectivity index (χ0v) is 8.60.